The van der Waals surface area contributed by atoms with Crippen molar-refractivity contribution in [3.05, 3.63) is 29.3 Å². The molecule has 0 radical (unpaired) electrons. The summed E-state index contributed by atoms with van der Waals surface area (Å²) in [5, 5.41) is 41.2. The number of nitrogens with zero attached hydrogens (tertiary/aromatic N) is 1. The molecule has 7 atom stereocenters. The Morgan fingerprint density at radius 2 is 2.12 bits per heavy atom. The summed E-state index contributed by atoms with van der Waals surface area (Å²) >= 11 is 0. The van der Waals surface area contributed by atoms with Gasteiger partial charge >= 0.3 is 0 Å². The van der Waals surface area contributed by atoms with E-state index in [1.54, 1.807) is 6.07 Å². The Hall–Kier alpha value is -1.57. The fourth-order valence-electron chi connectivity index (χ4n) is 6.80. The molecule has 0 aromatic heterocycles. The highest BCUT2D eigenvalue weighted by Crippen LogP contribution is 2.66. The fraction of sp³-hybridized carbons (Fsp3) is 0.682. The molecular weight excluding hydrogens is 326 g/mol. The Bertz CT molecular complexity index is 756. The predicted molar refractivity (Wildman–Crippen MR) is 98.5 cm³/mol. The second-order valence-corrected chi connectivity index (χ2v) is 9.02. The van der Waals surface area contributed by atoms with Crippen LogP contribution >= 0.6 is 0 Å². The quantitative estimate of drug-likeness (QED) is 0.758. The summed E-state index contributed by atoms with van der Waals surface area (Å²) in [6.45, 7) is 4.31. The molecule has 0 heterocycles. The summed E-state index contributed by atoms with van der Waals surface area (Å²) < 4.78 is 0. The van der Waals surface area contributed by atoms with Gasteiger partial charge in [0.2, 0.25) is 0 Å². The summed E-state index contributed by atoms with van der Waals surface area (Å²) in [5.74, 6) is 1.80. The van der Waals surface area contributed by atoms with Crippen molar-refractivity contribution in [1.29, 1.82) is 5.26 Å². The monoisotopic (exact) mass is 355 g/mol. The maximum Gasteiger partial charge on any atom is 0.115 e. The number of phenols is 1. The molecule has 1 aromatic carbocycles. The van der Waals surface area contributed by atoms with Crippen molar-refractivity contribution < 1.29 is 15.3 Å². The van der Waals surface area contributed by atoms with E-state index in [1.807, 2.05) is 6.07 Å². The van der Waals surface area contributed by atoms with E-state index in [0.29, 0.717) is 29.9 Å². The minimum Gasteiger partial charge on any atom is -0.508 e. The van der Waals surface area contributed by atoms with Crippen LogP contribution in [0.2, 0.25) is 0 Å². The second-order valence-electron chi connectivity index (χ2n) is 9.02. The molecule has 140 valence electrons. The van der Waals surface area contributed by atoms with Crippen LogP contribution in [0.4, 0.5) is 0 Å². The zero-order valence-corrected chi connectivity index (χ0v) is 15.7. The van der Waals surface area contributed by atoms with Crippen LogP contribution in [0.1, 0.15) is 63.0 Å². The number of aromatic hydroxyl groups is 1. The standard InChI is InChI=1S/C22H29NO3/c1-3-13-12-21(2)18(11-19(25)22(21,26)8-9-23)17-6-4-14-10-15(24)5-7-16(14)20(13)17/h5,7,10,13,17-20,24-26H,3-4,6,8,11-12H2,1-2H3/t13-,17+,18+,19-,20-,21+,22-/m1/s1. The number of fused-ring (bicyclic) bond motifs is 5. The van der Waals surface area contributed by atoms with Gasteiger partial charge in [0.1, 0.15) is 11.4 Å². The summed E-state index contributed by atoms with van der Waals surface area (Å²) in [6, 6.07) is 7.90. The van der Waals surface area contributed by atoms with E-state index in [9.17, 15) is 20.6 Å². The molecule has 0 bridgehead atoms. The smallest absolute Gasteiger partial charge is 0.115 e. The Morgan fingerprint density at radius 1 is 1.35 bits per heavy atom. The van der Waals surface area contributed by atoms with Crippen LogP contribution in [0.25, 0.3) is 0 Å². The van der Waals surface area contributed by atoms with E-state index in [1.165, 1.54) is 11.1 Å². The molecule has 0 saturated heterocycles. The molecule has 4 nitrogen and oxygen atoms in total. The van der Waals surface area contributed by atoms with Crippen LogP contribution in [-0.2, 0) is 6.42 Å². The molecular formula is C22H29NO3. The highest BCUT2D eigenvalue weighted by Gasteiger charge is 2.66. The number of rotatable bonds is 2. The van der Waals surface area contributed by atoms with Gasteiger partial charge in [0.25, 0.3) is 0 Å². The topological polar surface area (TPSA) is 84.5 Å². The Balaban J connectivity index is 1.79. The van der Waals surface area contributed by atoms with Gasteiger partial charge < -0.3 is 15.3 Å². The number of aliphatic hydroxyl groups is 2. The van der Waals surface area contributed by atoms with E-state index in [-0.39, 0.29) is 12.3 Å². The third-order valence-electron chi connectivity index (χ3n) is 8.11. The number of hydrogen-bond donors (Lipinski definition) is 3. The Kier molecular flexibility index (Phi) is 4.09. The van der Waals surface area contributed by atoms with Crippen LogP contribution in [0, 0.1) is 34.5 Å². The number of aliphatic hydroxyl groups excluding tert-OH is 1. The van der Waals surface area contributed by atoms with Crippen LogP contribution in [0.3, 0.4) is 0 Å². The number of benzene rings is 1. The van der Waals surface area contributed by atoms with Gasteiger partial charge in [0.05, 0.1) is 18.6 Å². The highest BCUT2D eigenvalue weighted by molar-refractivity contribution is 5.41. The molecule has 1 aromatic rings. The molecule has 2 saturated carbocycles. The molecule has 0 spiro atoms. The largest absolute Gasteiger partial charge is 0.508 e. The molecule has 3 aliphatic rings. The van der Waals surface area contributed by atoms with Crippen LogP contribution in [-0.4, -0.2) is 27.0 Å². The average Bonchev–Trinajstić information content (AvgIpc) is 2.81. The highest BCUT2D eigenvalue weighted by atomic mass is 16.3. The van der Waals surface area contributed by atoms with Crippen molar-refractivity contribution in [2.75, 3.05) is 0 Å². The Morgan fingerprint density at radius 3 is 2.81 bits per heavy atom. The van der Waals surface area contributed by atoms with Crippen LogP contribution in [0.5, 0.6) is 5.75 Å². The molecule has 3 aliphatic carbocycles. The number of nitriles is 1. The molecule has 4 heteroatoms. The van der Waals surface area contributed by atoms with Gasteiger partial charge in [0, 0.05) is 5.41 Å². The van der Waals surface area contributed by atoms with Crippen molar-refractivity contribution in [3.63, 3.8) is 0 Å². The molecule has 0 unspecified atom stereocenters. The van der Waals surface area contributed by atoms with Crippen molar-refractivity contribution >= 4 is 0 Å². The van der Waals surface area contributed by atoms with E-state index >= 15 is 0 Å². The van der Waals surface area contributed by atoms with E-state index < -0.39 is 17.1 Å². The summed E-state index contributed by atoms with van der Waals surface area (Å²) in [5.41, 5.74) is 0.871. The predicted octanol–water partition coefficient (Wildman–Crippen LogP) is 3.50. The molecule has 4 rings (SSSR count). The van der Waals surface area contributed by atoms with Crippen LogP contribution in [0.15, 0.2) is 18.2 Å². The maximum atomic E-state index is 11.3. The zero-order valence-electron chi connectivity index (χ0n) is 15.7. The van der Waals surface area contributed by atoms with Crippen molar-refractivity contribution in [3.8, 4) is 11.8 Å². The van der Waals surface area contributed by atoms with Crippen molar-refractivity contribution in [2.45, 2.75) is 70.0 Å². The molecule has 2 fully saturated rings. The first-order chi connectivity index (χ1) is 12.4. The molecule has 0 amide bonds. The fourth-order valence-corrected chi connectivity index (χ4v) is 6.80. The van der Waals surface area contributed by atoms with Gasteiger partial charge in [-0.25, -0.2) is 0 Å². The number of hydrogen-bond acceptors (Lipinski definition) is 4. The van der Waals surface area contributed by atoms with Crippen molar-refractivity contribution in [2.24, 2.45) is 23.2 Å². The van der Waals surface area contributed by atoms with Gasteiger partial charge in [-0.15, -0.1) is 0 Å². The first kappa shape index (κ1) is 17.8. The van der Waals surface area contributed by atoms with Crippen LogP contribution < -0.4 is 0 Å². The van der Waals surface area contributed by atoms with Crippen molar-refractivity contribution in [1.82, 2.24) is 0 Å². The Labute approximate surface area is 155 Å². The second kappa shape index (κ2) is 5.97. The van der Waals surface area contributed by atoms with Gasteiger partial charge in [-0.2, -0.15) is 5.26 Å². The first-order valence-corrected chi connectivity index (χ1v) is 9.95. The molecule has 26 heavy (non-hydrogen) atoms. The normalized spacial score (nSPS) is 43.9. The third kappa shape index (κ3) is 2.20. The van der Waals surface area contributed by atoms with E-state index in [0.717, 1.165) is 25.7 Å². The lowest BCUT2D eigenvalue weighted by Gasteiger charge is -2.56. The molecule has 3 N–H and O–H groups in total. The first-order valence-electron chi connectivity index (χ1n) is 9.95. The van der Waals surface area contributed by atoms with E-state index in [4.69, 9.17) is 0 Å². The minimum atomic E-state index is -1.31. The third-order valence-corrected chi connectivity index (χ3v) is 8.11. The maximum absolute atomic E-state index is 11.3. The van der Waals surface area contributed by atoms with Gasteiger partial charge in [0.15, 0.2) is 0 Å². The summed E-state index contributed by atoms with van der Waals surface area (Å²) in [7, 11) is 0. The minimum absolute atomic E-state index is 0.000549. The van der Waals surface area contributed by atoms with Gasteiger partial charge in [-0.05, 0) is 72.6 Å². The average molecular weight is 355 g/mol. The lowest BCUT2D eigenvalue weighted by atomic mass is 9.49. The lowest BCUT2D eigenvalue weighted by Crippen LogP contribution is -2.55. The lowest BCUT2D eigenvalue weighted by molar-refractivity contribution is -0.148. The van der Waals surface area contributed by atoms with Gasteiger partial charge in [-0.1, -0.05) is 26.3 Å². The van der Waals surface area contributed by atoms with E-state index in [2.05, 4.69) is 26.0 Å². The number of phenolic OH excluding ortho intramolecular Hbond substituents is 1. The summed E-state index contributed by atoms with van der Waals surface area (Å²) in [4.78, 5) is 0. The number of aryl methyl sites for hydroxylation is 1. The SMILES string of the molecule is CC[C@@H]1C[C@@]2(C)[C@@H](C[C@@H](O)[C@]2(O)CC#N)[C@@H]2CCc3cc(O)ccc3[C@@H]12. The summed E-state index contributed by atoms with van der Waals surface area (Å²) in [6.07, 6.45) is 3.56. The zero-order chi connectivity index (χ0) is 18.7. The molecule has 0 aliphatic heterocycles. The van der Waals surface area contributed by atoms with Gasteiger partial charge in [-0.3, -0.25) is 0 Å².